The third-order valence-corrected chi connectivity index (χ3v) is 5.63. The van der Waals surface area contributed by atoms with Gasteiger partial charge in [0.15, 0.2) is 0 Å². The van der Waals surface area contributed by atoms with Gasteiger partial charge in [0, 0.05) is 30.6 Å². The third-order valence-electron chi connectivity index (χ3n) is 5.63. The van der Waals surface area contributed by atoms with Crippen molar-refractivity contribution < 1.29 is 5.11 Å². The number of likely N-dealkylation sites (tertiary alicyclic amines) is 1. The number of hydrogen-bond acceptors (Lipinski definition) is 7. The molecule has 0 saturated carbocycles. The zero-order chi connectivity index (χ0) is 20.5. The van der Waals surface area contributed by atoms with Crippen LogP contribution in [0.2, 0.25) is 0 Å². The summed E-state index contributed by atoms with van der Waals surface area (Å²) >= 11 is 0. The number of anilines is 2. The van der Waals surface area contributed by atoms with Crippen LogP contribution in [0.3, 0.4) is 0 Å². The minimum absolute atomic E-state index is 0.147. The van der Waals surface area contributed by atoms with Gasteiger partial charge in [0.2, 0.25) is 0 Å². The smallest absolute Gasteiger partial charge is 0.141 e. The van der Waals surface area contributed by atoms with E-state index >= 15 is 0 Å². The van der Waals surface area contributed by atoms with Crippen LogP contribution in [0.5, 0.6) is 5.75 Å². The van der Waals surface area contributed by atoms with E-state index in [4.69, 9.17) is 11.1 Å². The number of para-hydroxylation sites is 1. The number of fused-ring (bicyclic) bond motifs is 1. The molecular weight excluding hydrogens is 366 g/mol. The van der Waals surface area contributed by atoms with Crippen molar-refractivity contribution in [2.75, 3.05) is 24.1 Å². The molecule has 0 amide bonds. The van der Waals surface area contributed by atoms with Crippen LogP contribution in [-0.2, 0) is 0 Å². The predicted molar refractivity (Wildman–Crippen MR) is 116 cm³/mol. The van der Waals surface area contributed by atoms with Gasteiger partial charge in [0.05, 0.1) is 22.5 Å². The van der Waals surface area contributed by atoms with Crippen molar-refractivity contribution >= 4 is 28.3 Å². The Bertz CT molecular complexity index is 1030. The van der Waals surface area contributed by atoms with E-state index in [-0.39, 0.29) is 23.3 Å². The molecule has 0 atom stereocenters. The van der Waals surface area contributed by atoms with Crippen molar-refractivity contribution in [2.24, 2.45) is 0 Å². The van der Waals surface area contributed by atoms with Crippen LogP contribution >= 0.6 is 0 Å². The zero-order valence-electron chi connectivity index (χ0n) is 16.7. The molecule has 0 unspecified atom stereocenters. The number of aromatic nitrogens is 3. The van der Waals surface area contributed by atoms with Gasteiger partial charge in [-0.1, -0.05) is 12.1 Å². The second-order valence-electron chi connectivity index (χ2n) is 7.83. The van der Waals surface area contributed by atoms with Crippen molar-refractivity contribution in [3.05, 3.63) is 41.9 Å². The monoisotopic (exact) mass is 393 g/mol. The van der Waals surface area contributed by atoms with Crippen LogP contribution in [0.1, 0.15) is 37.9 Å². The minimum Gasteiger partial charge on any atom is -0.506 e. The normalized spacial score (nSPS) is 15.8. The molecular formula is C21H27N7O. The number of H-pyrrole nitrogens is 1. The molecule has 6 N–H and O–H groups in total. The van der Waals surface area contributed by atoms with Gasteiger partial charge in [-0.2, -0.15) is 0 Å². The number of aromatic hydroxyl groups is 1. The Morgan fingerprint density at radius 3 is 2.76 bits per heavy atom. The number of aromatic amines is 1. The topological polar surface area (TPSA) is 127 Å². The summed E-state index contributed by atoms with van der Waals surface area (Å²) in [5.74, 6) is 0.984. The average Bonchev–Trinajstić information content (AvgIpc) is 3.14. The van der Waals surface area contributed by atoms with Crippen molar-refractivity contribution in [3.8, 4) is 5.75 Å². The van der Waals surface area contributed by atoms with Crippen LogP contribution in [0.15, 0.2) is 30.6 Å². The fourth-order valence-corrected chi connectivity index (χ4v) is 3.92. The first-order valence-corrected chi connectivity index (χ1v) is 9.95. The van der Waals surface area contributed by atoms with Crippen molar-refractivity contribution in [2.45, 2.75) is 38.8 Å². The molecule has 1 fully saturated rings. The van der Waals surface area contributed by atoms with E-state index in [1.807, 2.05) is 12.1 Å². The van der Waals surface area contributed by atoms with E-state index < -0.39 is 0 Å². The second-order valence-corrected chi connectivity index (χ2v) is 7.83. The highest BCUT2D eigenvalue weighted by Gasteiger charge is 2.24. The first-order chi connectivity index (χ1) is 13.9. The second kappa shape index (κ2) is 7.71. The van der Waals surface area contributed by atoms with Crippen molar-refractivity contribution in [3.63, 3.8) is 0 Å². The molecule has 2 aromatic heterocycles. The molecule has 0 aliphatic carbocycles. The first-order valence-electron chi connectivity index (χ1n) is 9.95. The summed E-state index contributed by atoms with van der Waals surface area (Å²) in [6.45, 7) is 6.50. The highest BCUT2D eigenvalue weighted by atomic mass is 16.3. The quantitative estimate of drug-likeness (QED) is 0.424. The lowest BCUT2D eigenvalue weighted by Crippen LogP contribution is -2.42. The largest absolute Gasteiger partial charge is 0.506 e. The van der Waals surface area contributed by atoms with E-state index in [0.29, 0.717) is 28.6 Å². The SMILES string of the molecule is CC(C)N1CCC(Nc2ncnc(N)c2C(=N)c2cc3cccc(O)c3[nH]2)CC1. The van der Waals surface area contributed by atoms with Crippen molar-refractivity contribution in [1.29, 1.82) is 5.41 Å². The number of phenols is 1. The Balaban J connectivity index is 1.60. The van der Waals surface area contributed by atoms with Gasteiger partial charge in [-0.05, 0) is 38.8 Å². The lowest BCUT2D eigenvalue weighted by atomic mass is 10.0. The van der Waals surface area contributed by atoms with Gasteiger partial charge in [0.1, 0.15) is 23.7 Å². The molecule has 3 heterocycles. The molecule has 0 spiro atoms. The maximum atomic E-state index is 10.1. The van der Waals surface area contributed by atoms with Gasteiger partial charge >= 0.3 is 0 Å². The summed E-state index contributed by atoms with van der Waals surface area (Å²) in [4.78, 5) is 14.1. The number of nitrogens with one attached hydrogen (secondary N) is 3. The molecule has 152 valence electrons. The Hall–Kier alpha value is -3.13. The molecule has 1 aliphatic rings. The van der Waals surface area contributed by atoms with Gasteiger partial charge in [-0.25, -0.2) is 9.97 Å². The molecule has 8 nitrogen and oxygen atoms in total. The maximum absolute atomic E-state index is 10.1. The molecule has 29 heavy (non-hydrogen) atoms. The highest BCUT2D eigenvalue weighted by molar-refractivity contribution is 6.17. The van der Waals surface area contributed by atoms with Crippen LogP contribution in [0.25, 0.3) is 10.9 Å². The zero-order valence-corrected chi connectivity index (χ0v) is 16.7. The van der Waals surface area contributed by atoms with E-state index in [1.165, 1.54) is 6.33 Å². The number of nitrogens with two attached hydrogens (primary N) is 1. The number of piperidine rings is 1. The average molecular weight is 393 g/mol. The Kier molecular flexibility index (Phi) is 5.10. The predicted octanol–water partition coefficient (Wildman–Crippen LogP) is 2.95. The highest BCUT2D eigenvalue weighted by Crippen LogP contribution is 2.28. The molecule has 3 aromatic rings. The van der Waals surface area contributed by atoms with Crippen LogP contribution in [0, 0.1) is 5.41 Å². The fourth-order valence-electron chi connectivity index (χ4n) is 3.92. The van der Waals surface area contributed by atoms with E-state index in [9.17, 15) is 5.11 Å². The number of phenolic OH excluding ortho intramolecular Hbond substituents is 1. The minimum atomic E-state index is 0.147. The summed E-state index contributed by atoms with van der Waals surface area (Å²) in [5.41, 5.74) is 7.97. The maximum Gasteiger partial charge on any atom is 0.141 e. The summed E-state index contributed by atoms with van der Waals surface area (Å²) in [6.07, 6.45) is 3.44. The molecule has 0 radical (unpaired) electrons. The standard InChI is InChI=1S/C21H27N7O/c1-12(2)28-8-6-14(7-9-28)26-21-17(20(23)24-11-25-21)18(22)15-10-13-4-3-5-16(29)19(13)27-15/h3-5,10-12,14,22,27,29H,6-9H2,1-2H3,(H3,23,24,25,26). The molecule has 0 bridgehead atoms. The van der Waals surface area contributed by atoms with Gasteiger partial charge < -0.3 is 26.0 Å². The number of rotatable bonds is 5. The van der Waals surface area contributed by atoms with Gasteiger partial charge in [-0.15, -0.1) is 0 Å². The number of nitrogens with zero attached hydrogens (tertiary/aromatic N) is 3. The Morgan fingerprint density at radius 2 is 2.07 bits per heavy atom. The Morgan fingerprint density at radius 1 is 1.31 bits per heavy atom. The summed E-state index contributed by atoms with van der Waals surface area (Å²) in [7, 11) is 0. The molecule has 1 aromatic carbocycles. The third kappa shape index (κ3) is 3.75. The van der Waals surface area contributed by atoms with Gasteiger partial charge in [0.25, 0.3) is 0 Å². The van der Waals surface area contributed by atoms with Crippen LogP contribution in [-0.4, -0.2) is 55.8 Å². The summed E-state index contributed by atoms with van der Waals surface area (Å²) in [5, 5.41) is 23.1. The van der Waals surface area contributed by atoms with E-state index in [1.54, 1.807) is 12.1 Å². The van der Waals surface area contributed by atoms with E-state index in [2.05, 4.69) is 39.0 Å². The summed E-state index contributed by atoms with van der Waals surface area (Å²) < 4.78 is 0. The van der Waals surface area contributed by atoms with Gasteiger partial charge in [-0.3, -0.25) is 5.41 Å². The Labute approximate surface area is 169 Å². The van der Waals surface area contributed by atoms with Crippen LogP contribution < -0.4 is 11.1 Å². The number of hydrogen-bond donors (Lipinski definition) is 5. The number of nitrogen functional groups attached to an aromatic ring is 1. The summed E-state index contributed by atoms with van der Waals surface area (Å²) in [6, 6.07) is 7.92. The lowest BCUT2D eigenvalue weighted by Gasteiger charge is -2.35. The molecule has 8 heteroatoms. The first kappa shape index (κ1) is 19.2. The van der Waals surface area contributed by atoms with E-state index in [0.717, 1.165) is 31.3 Å². The molecule has 4 rings (SSSR count). The van der Waals surface area contributed by atoms with Crippen molar-refractivity contribution in [1.82, 2.24) is 19.9 Å². The fraction of sp³-hybridized carbons (Fsp3) is 0.381. The molecule has 1 saturated heterocycles. The van der Waals surface area contributed by atoms with Crippen LogP contribution in [0.4, 0.5) is 11.6 Å². The number of benzene rings is 1. The molecule has 1 aliphatic heterocycles. The lowest BCUT2D eigenvalue weighted by molar-refractivity contribution is 0.177.